The van der Waals surface area contributed by atoms with Crippen LogP contribution in [0, 0.1) is 17.2 Å². The van der Waals surface area contributed by atoms with Gasteiger partial charge in [-0.2, -0.15) is 5.26 Å². The highest BCUT2D eigenvalue weighted by Gasteiger charge is 2.16. The van der Waals surface area contributed by atoms with Crippen LogP contribution in [0.5, 0.6) is 0 Å². The van der Waals surface area contributed by atoms with Crippen LogP contribution in [-0.2, 0) is 9.59 Å². The first kappa shape index (κ1) is 14.7. The van der Waals surface area contributed by atoms with E-state index in [4.69, 9.17) is 10.4 Å². The number of carboxylic acids is 1. The molecule has 19 heavy (non-hydrogen) atoms. The second kappa shape index (κ2) is 7.17. The molecular formula is C14H16N2O3. The van der Waals surface area contributed by atoms with Crippen LogP contribution in [0.4, 0.5) is 5.69 Å². The van der Waals surface area contributed by atoms with Crippen LogP contribution in [0.3, 0.4) is 0 Å². The van der Waals surface area contributed by atoms with E-state index in [1.54, 1.807) is 31.2 Å². The summed E-state index contributed by atoms with van der Waals surface area (Å²) in [6.07, 6.45) is 1.01. The van der Waals surface area contributed by atoms with Crippen molar-refractivity contribution >= 4 is 17.6 Å². The molecule has 0 radical (unpaired) electrons. The zero-order chi connectivity index (χ0) is 14.3. The Hall–Kier alpha value is -2.35. The third-order valence-corrected chi connectivity index (χ3v) is 2.86. The van der Waals surface area contributed by atoms with Gasteiger partial charge >= 0.3 is 5.97 Å². The molecule has 1 rings (SSSR count). The fourth-order valence-electron chi connectivity index (χ4n) is 1.66. The van der Waals surface area contributed by atoms with Crippen molar-refractivity contribution < 1.29 is 14.7 Å². The molecule has 0 fully saturated rings. The van der Waals surface area contributed by atoms with E-state index in [1.807, 2.05) is 6.07 Å². The van der Waals surface area contributed by atoms with Crippen LogP contribution in [0.15, 0.2) is 24.3 Å². The van der Waals surface area contributed by atoms with E-state index < -0.39 is 11.9 Å². The van der Waals surface area contributed by atoms with Crippen LogP contribution in [0.2, 0.25) is 0 Å². The van der Waals surface area contributed by atoms with Crippen molar-refractivity contribution in [2.24, 2.45) is 5.92 Å². The Morgan fingerprint density at radius 2 is 2.00 bits per heavy atom. The zero-order valence-electron chi connectivity index (χ0n) is 10.7. The highest BCUT2D eigenvalue weighted by atomic mass is 16.4. The third kappa shape index (κ3) is 4.80. The molecule has 5 nitrogen and oxygen atoms in total. The van der Waals surface area contributed by atoms with Gasteiger partial charge in [0.2, 0.25) is 5.91 Å². The van der Waals surface area contributed by atoms with Crippen LogP contribution in [-0.4, -0.2) is 17.0 Å². The van der Waals surface area contributed by atoms with Gasteiger partial charge in [-0.15, -0.1) is 0 Å². The van der Waals surface area contributed by atoms with E-state index in [1.165, 1.54) is 0 Å². The highest BCUT2D eigenvalue weighted by molar-refractivity contribution is 5.91. The van der Waals surface area contributed by atoms with Gasteiger partial charge in [0.25, 0.3) is 0 Å². The number of hydrogen-bond acceptors (Lipinski definition) is 3. The summed E-state index contributed by atoms with van der Waals surface area (Å²) < 4.78 is 0. The summed E-state index contributed by atoms with van der Waals surface area (Å²) in [5, 5.41) is 20.2. The number of nitrogens with one attached hydrogen (secondary N) is 1. The van der Waals surface area contributed by atoms with E-state index in [0.717, 1.165) is 0 Å². The quantitative estimate of drug-likeness (QED) is 0.821. The van der Waals surface area contributed by atoms with Crippen LogP contribution < -0.4 is 5.32 Å². The zero-order valence-corrected chi connectivity index (χ0v) is 10.7. The van der Waals surface area contributed by atoms with E-state index in [-0.39, 0.29) is 12.3 Å². The van der Waals surface area contributed by atoms with E-state index >= 15 is 0 Å². The molecule has 2 N–H and O–H groups in total. The summed E-state index contributed by atoms with van der Waals surface area (Å²) in [7, 11) is 0. The lowest BCUT2D eigenvalue weighted by molar-refractivity contribution is -0.142. The largest absolute Gasteiger partial charge is 0.481 e. The lowest BCUT2D eigenvalue weighted by Crippen LogP contribution is -2.17. The first-order valence-electron chi connectivity index (χ1n) is 6.09. The standard InChI is InChI=1S/C14H16N2O3/c1-2-11(14(18)19)5-8-13(17)16-12-6-3-10(9-15)4-7-12/h3-4,6-7,11H,2,5,8H2,1H3,(H,16,17)(H,18,19). The van der Waals surface area contributed by atoms with Gasteiger partial charge in [0, 0.05) is 12.1 Å². The lowest BCUT2D eigenvalue weighted by Gasteiger charge is -2.09. The number of carbonyl (C=O) groups excluding carboxylic acids is 1. The second-order valence-electron chi connectivity index (χ2n) is 4.22. The number of rotatable bonds is 6. The predicted octanol–water partition coefficient (Wildman–Crippen LogP) is 2.39. The Balaban J connectivity index is 2.46. The van der Waals surface area contributed by atoms with Gasteiger partial charge < -0.3 is 10.4 Å². The van der Waals surface area contributed by atoms with Gasteiger partial charge in [-0.25, -0.2) is 0 Å². The number of nitrogens with zero attached hydrogens (tertiary/aromatic N) is 1. The number of amides is 1. The summed E-state index contributed by atoms with van der Waals surface area (Å²) in [6, 6.07) is 8.50. The fourth-order valence-corrected chi connectivity index (χ4v) is 1.66. The van der Waals surface area contributed by atoms with Crippen molar-refractivity contribution in [2.75, 3.05) is 5.32 Å². The van der Waals surface area contributed by atoms with Crippen molar-refractivity contribution in [1.82, 2.24) is 0 Å². The fraction of sp³-hybridized carbons (Fsp3) is 0.357. The number of nitriles is 1. The molecule has 0 aliphatic heterocycles. The van der Waals surface area contributed by atoms with Crippen LogP contribution in [0.1, 0.15) is 31.7 Å². The Morgan fingerprint density at radius 3 is 2.47 bits per heavy atom. The number of benzene rings is 1. The topological polar surface area (TPSA) is 90.2 Å². The minimum atomic E-state index is -0.867. The summed E-state index contributed by atoms with van der Waals surface area (Å²) in [5.74, 6) is -1.57. The number of aliphatic carboxylic acids is 1. The van der Waals surface area contributed by atoms with Crippen molar-refractivity contribution in [3.63, 3.8) is 0 Å². The van der Waals surface area contributed by atoms with E-state index in [2.05, 4.69) is 5.32 Å². The van der Waals surface area contributed by atoms with Crippen molar-refractivity contribution in [3.8, 4) is 6.07 Å². The van der Waals surface area contributed by atoms with Gasteiger partial charge in [0.15, 0.2) is 0 Å². The Labute approximate surface area is 111 Å². The van der Waals surface area contributed by atoms with E-state index in [9.17, 15) is 9.59 Å². The maximum Gasteiger partial charge on any atom is 0.306 e. The molecule has 1 unspecified atom stereocenters. The van der Waals surface area contributed by atoms with Gasteiger partial charge in [-0.05, 0) is 37.1 Å². The normalized spacial score (nSPS) is 11.4. The van der Waals surface area contributed by atoms with Crippen molar-refractivity contribution in [2.45, 2.75) is 26.2 Å². The maximum atomic E-state index is 11.6. The Kier molecular flexibility index (Phi) is 5.55. The SMILES string of the molecule is CCC(CCC(=O)Nc1ccc(C#N)cc1)C(=O)O. The summed E-state index contributed by atoms with van der Waals surface area (Å²) in [4.78, 5) is 22.5. The molecular weight excluding hydrogens is 244 g/mol. The average molecular weight is 260 g/mol. The van der Waals surface area contributed by atoms with Gasteiger partial charge in [0.05, 0.1) is 17.6 Å². The molecule has 0 bridgehead atoms. The first-order valence-corrected chi connectivity index (χ1v) is 6.09. The molecule has 0 saturated heterocycles. The molecule has 0 aliphatic carbocycles. The van der Waals surface area contributed by atoms with E-state index in [0.29, 0.717) is 24.1 Å². The summed E-state index contributed by atoms with van der Waals surface area (Å²) >= 11 is 0. The molecule has 5 heteroatoms. The van der Waals surface area contributed by atoms with Gasteiger partial charge in [0.1, 0.15) is 0 Å². The second-order valence-corrected chi connectivity index (χ2v) is 4.22. The van der Waals surface area contributed by atoms with Crippen molar-refractivity contribution in [3.05, 3.63) is 29.8 Å². The smallest absolute Gasteiger partial charge is 0.306 e. The Bertz CT molecular complexity index is 488. The average Bonchev–Trinajstić information content (AvgIpc) is 2.40. The molecule has 0 aromatic heterocycles. The molecule has 0 aliphatic rings. The third-order valence-electron chi connectivity index (χ3n) is 2.86. The molecule has 0 heterocycles. The monoisotopic (exact) mass is 260 g/mol. The number of carboxylic acid groups (broad SMARTS) is 1. The summed E-state index contributed by atoms with van der Waals surface area (Å²) in [5.41, 5.74) is 1.13. The molecule has 1 amide bonds. The minimum absolute atomic E-state index is 0.171. The molecule has 1 aromatic rings. The lowest BCUT2D eigenvalue weighted by atomic mass is 10.0. The van der Waals surface area contributed by atoms with Crippen LogP contribution in [0.25, 0.3) is 0 Å². The first-order chi connectivity index (χ1) is 9.06. The number of hydrogen-bond donors (Lipinski definition) is 2. The van der Waals surface area contributed by atoms with Gasteiger partial charge in [-0.3, -0.25) is 9.59 Å². The molecule has 1 atom stereocenters. The predicted molar refractivity (Wildman–Crippen MR) is 70.4 cm³/mol. The molecule has 100 valence electrons. The highest BCUT2D eigenvalue weighted by Crippen LogP contribution is 2.13. The Morgan fingerprint density at radius 1 is 1.37 bits per heavy atom. The summed E-state index contributed by atoms with van der Waals surface area (Å²) in [6.45, 7) is 1.79. The van der Waals surface area contributed by atoms with Gasteiger partial charge in [-0.1, -0.05) is 6.92 Å². The molecule has 1 aromatic carbocycles. The molecule has 0 saturated carbocycles. The van der Waals surface area contributed by atoms with Crippen LogP contribution >= 0.6 is 0 Å². The molecule has 0 spiro atoms. The van der Waals surface area contributed by atoms with Crippen molar-refractivity contribution in [1.29, 1.82) is 5.26 Å². The minimum Gasteiger partial charge on any atom is -0.481 e. The number of anilines is 1. The maximum absolute atomic E-state index is 11.6. The number of carbonyl (C=O) groups is 2.